The Morgan fingerprint density at radius 2 is 2.29 bits per heavy atom. The average molecular weight is 201 g/mol. The van der Waals surface area contributed by atoms with E-state index in [-0.39, 0.29) is 11.6 Å². The molecule has 0 aromatic rings. The number of ether oxygens (including phenoxy) is 1. The van der Waals surface area contributed by atoms with Gasteiger partial charge in [-0.3, -0.25) is 4.90 Å². The Morgan fingerprint density at radius 3 is 3.00 bits per heavy atom. The van der Waals surface area contributed by atoms with E-state index in [1.807, 2.05) is 13.8 Å². The van der Waals surface area contributed by atoms with Gasteiger partial charge in [-0.15, -0.1) is 0 Å². The molecule has 0 bridgehead atoms. The van der Waals surface area contributed by atoms with E-state index < -0.39 is 6.17 Å². The van der Waals surface area contributed by atoms with Crippen LogP contribution in [0.2, 0.25) is 0 Å². The lowest BCUT2D eigenvalue weighted by Crippen LogP contribution is -2.48. The number of fused-ring (bicyclic) bond motifs is 1. The average Bonchev–Trinajstić information content (AvgIpc) is 2.65. The molecule has 2 rings (SSSR count). The summed E-state index contributed by atoms with van der Waals surface area (Å²) in [5.74, 6) is 0. The van der Waals surface area contributed by atoms with Crippen molar-refractivity contribution in [2.75, 3.05) is 19.7 Å². The second-order valence-electron chi connectivity index (χ2n) is 4.81. The quantitative estimate of drug-likeness (QED) is 0.692. The Morgan fingerprint density at radius 1 is 1.50 bits per heavy atom. The van der Waals surface area contributed by atoms with Gasteiger partial charge < -0.3 is 4.74 Å². The van der Waals surface area contributed by atoms with Crippen molar-refractivity contribution in [2.45, 2.75) is 50.9 Å². The molecule has 0 amide bonds. The van der Waals surface area contributed by atoms with Crippen LogP contribution in [0.4, 0.5) is 4.39 Å². The summed E-state index contributed by atoms with van der Waals surface area (Å²) >= 11 is 0. The van der Waals surface area contributed by atoms with E-state index in [0.717, 1.165) is 25.9 Å². The van der Waals surface area contributed by atoms with Crippen molar-refractivity contribution in [3.8, 4) is 0 Å². The molecule has 2 saturated heterocycles. The van der Waals surface area contributed by atoms with Gasteiger partial charge in [0.15, 0.2) is 0 Å². The number of hydrogen-bond donors (Lipinski definition) is 0. The molecule has 2 nitrogen and oxygen atoms in total. The first-order valence-corrected chi connectivity index (χ1v) is 5.66. The van der Waals surface area contributed by atoms with Crippen LogP contribution in [0.5, 0.6) is 0 Å². The minimum absolute atomic E-state index is 0.208. The molecule has 2 heterocycles. The van der Waals surface area contributed by atoms with Gasteiger partial charge in [0, 0.05) is 6.54 Å². The Labute approximate surface area is 85.4 Å². The van der Waals surface area contributed by atoms with E-state index in [4.69, 9.17) is 4.74 Å². The lowest BCUT2D eigenvalue weighted by Gasteiger charge is -2.34. The molecule has 0 saturated carbocycles. The summed E-state index contributed by atoms with van der Waals surface area (Å²) in [5.41, 5.74) is -0.260. The van der Waals surface area contributed by atoms with E-state index in [1.54, 1.807) is 0 Å². The van der Waals surface area contributed by atoms with Crippen LogP contribution >= 0.6 is 0 Å². The van der Waals surface area contributed by atoms with E-state index in [2.05, 4.69) is 4.90 Å². The molecular formula is C11H20FNO. The molecule has 2 atom stereocenters. The Hall–Kier alpha value is -0.150. The highest BCUT2D eigenvalue weighted by atomic mass is 19.1. The highest BCUT2D eigenvalue weighted by Gasteiger charge is 2.52. The Kier molecular flexibility index (Phi) is 2.80. The van der Waals surface area contributed by atoms with Gasteiger partial charge in [0.2, 0.25) is 0 Å². The normalized spacial score (nSPS) is 38.1. The smallest absolute Gasteiger partial charge is 0.122 e. The third kappa shape index (κ3) is 1.57. The lowest BCUT2D eigenvalue weighted by molar-refractivity contribution is -0.0212. The van der Waals surface area contributed by atoms with Gasteiger partial charge in [-0.2, -0.15) is 0 Å². The summed E-state index contributed by atoms with van der Waals surface area (Å²) in [5, 5.41) is 0. The van der Waals surface area contributed by atoms with Crippen molar-refractivity contribution in [3.63, 3.8) is 0 Å². The number of halogens is 1. The zero-order chi connectivity index (χ0) is 10.2. The molecule has 2 aliphatic heterocycles. The standard InChI is InChI=1S/C11H20FNO/c1-9(2)14-8-11-5-3-6-13(11)7-4-10(11)12/h9-10H,3-8H2,1-2H3/t10-,11-/m1/s1. The third-order valence-electron chi connectivity index (χ3n) is 3.57. The van der Waals surface area contributed by atoms with Crippen molar-refractivity contribution in [1.29, 1.82) is 0 Å². The topological polar surface area (TPSA) is 12.5 Å². The number of nitrogens with zero attached hydrogens (tertiary/aromatic N) is 1. The summed E-state index contributed by atoms with van der Waals surface area (Å²) < 4.78 is 19.5. The van der Waals surface area contributed by atoms with Crippen LogP contribution in [-0.4, -0.2) is 42.4 Å². The fraction of sp³-hybridized carbons (Fsp3) is 1.00. The fourth-order valence-electron chi connectivity index (χ4n) is 2.75. The minimum atomic E-state index is -0.677. The molecule has 0 unspecified atom stereocenters. The van der Waals surface area contributed by atoms with Gasteiger partial charge in [0.05, 0.1) is 18.2 Å². The van der Waals surface area contributed by atoms with Crippen molar-refractivity contribution in [1.82, 2.24) is 4.90 Å². The van der Waals surface area contributed by atoms with Crippen molar-refractivity contribution >= 4 is 0 Å². The van der Waals surface area contributed by atoms with Crippen LogP contribution in [0.15, 0.2) is 0 Å². The minimum Gasteiger partial charge on any atom is -0.377 e. The van der Waals surface area contributed by atoms with Crippen molar-refractivity contribution in [2.24, 2.45) is 0 Å². The third-order valence-corrected chi connectivity index (χ3v) is 3.57. The molecule has 0 spiro atoms. The van der Waals surface area contributed by atoms with Gasteiger partial charge in [-0.1, -0.05) is 0 Å². The zero-order valence-electron chi connectivity index (χ0n) is 9.13. The van der Waals surface area contributed by atoms with Crippen LogP contribution in [0.25, 0.3) is 0 Å². The van der Waals surface area contributed by atoms with Gasteiger partial charge in [0.1, 0.15) is 6.17 Å². The molecule has 0 aliphatic carbocycles. The van der Waals surface area contributed by atoms with E-state index in [0.29, 0.717) is 13.0 Å². The molecular weight excluding hydrogens is 181 g/mol. The molecule has 0 aromatic heterocycles. The summed E-state index contributed by atoms with van der Waals surface area (Å²) in [4.78, 5) is 2.29. The first-order chi connectivity index (χ1) is 6.65. The maximum absolute atomic E-state index is 13.9. The van der Waals surface area contributed by atoms with Crippen LogP contribution in [0.1, 0.15) is 33.1 Å². The van der Waals surface area contributed by atoms with Gasteiger partial charge >= 0.3 is 0 Å². The molecule has 14 heavy (non-hydrogen) atoms. The molecule has 2 fully saturated rings. The van der Waals surface area contributed by atoms with Gasteiger partial charge in [-0.25, -0.2) is 4.39 Å². The summed E-state index contributed by atoms with van der Waals surface area (Å²) in [6.45, 7) is 6.58. The number of rotatable bonds is 3. The Bertz CT molecular complexity index is 209. The SMILES string of the molecule is CC(C)OC[C@@]12CCCN1CC[C@H]2F. The first-order valence-electron chi connectivity index (χ1n) is 5.66. The summed E-state index contributed by atoms with van der Waals surface area (Å²) in [7, 11) is 0. The largest absolute Gasteiger partial charge is 0.377 e. The molecule has 82 valence electrons. The molecule has 0 N–H and O–H groups in total. The van der Waals surface area contributed by atoms with Crippen LogP contribution in [0.3, 0.4) is 0 Å². The van der Waals surface area contributed by atoms with Gasteiger partial charge in [0.25, 0.3) is 0 Å². The van der Waals surface area contributed by atoms with E-state index in [1.165, 1.54) is 0 Å². The second kappa shape index (κ2) is 3.78. The maximum Gasteiger partial charge on any atom is 0.122 e. The lowest BCUT2D eigenvalue weighted by atomic mass is 9.93. The summed E-state index contributed by atoms with van der Waals surface area (Å²) in [6, 6.07) is 0. The van der Waals surface area contributed by atoms with Gasteiger partial charge in [-0.05, 0) is 39.7 Å². The molecule has 0 aromatic carbocycles. The molecule has 0 radical (unpaired) electrons. The summed E-state index contributed by atoms with van der Waals surface area (Å²) in [6.07, 6.45) is 2.33. The number of hydrogen-bond acceptors (Lipinski definition) is 2. The second-order valence-corrected chi connectivity index (χ2v) is 4.81. The predicted molar refractivity (Wildman–Crippen MR) is 54.1 cm³/mol. The van der Waals surface area contributed by atoms with Crippen molar-refractivity contribution in [3.05, 3.63) is 0 Å². The fourth-order valence-corrected chi connectivity index (χ4v) is 2.75. The Balaban J connectivity index is 2.02. The first kappa shape index (κ1) is 10.4. The molecule has 2 aliphatic rings. The van der Waals surface area contributed by atoms with Crippen LogP contribution in [0, 0.1) is 0 Å². The monoisotopic (exact) mass is 201 g/mol. The van der Waals surface area contributed by atoms with Crippen LogP contribution < -0.4 is 0 Å². The highest BCUT2D eigenvalue weighted by molar-refractivity contribution is 5.06. The predicted octanol–water partition coefficient (Wildman–Crippen LogP) is 1.99. The maximum atomic E-state index is 13.9. The van der Waals surface area contributed by atoms with Crippen molar-refractivity contribution < 1.29 is 9.13 Å². The van der Waals surface area contributed by atoms with Crippen LogP contribution in [-0.2, 0) is 4.74 Å². The zero-order valence-corrected chi connectivity index (χ0v) is 9.13. The number of alkyl halides is 1. The van der Waals surface area contributed by atoms with E-state index >= 15 is 0 Å². The van der Waals surface area contributed by atoms with E-state index in [9.17, 15) is 4.39 Å². The molecule has 3 heteroatoms. The highest BCUT2D eigenvalue weighted by Crippen LogP contribution is 2.41.